The predicted molar refractivity (Wildman–Crippen MR) is 115 cm³/mol. The van der Waals surface area contributed by atoms with Crippen LogP contribution in [-0.2, 0) is 4.79 Å². The van der Waals surface area contributed by atoms with Crippen molar-refractivity contribution >= 4 is 29.0 Å². The molecule has 1 aromatic heterocycles. The summed E-state index contributed by atoms with van der Waals surface area (Å²) in [6.07, 6.45) is 0.761. The van der Waals surface area contributed by atoms with Gasteiger partial charge in [0, 0.05) is 13.1 Å². The third-order valence-electron chi connectivity index (χ3n) is 6.03. The van der Waals surface area contributed by atoms with Crippen LogP contribution in [0.5, 0.6) is 5.75 Å². The number of amides is 1. The van der Waals surface area contributed by atoms with E-state index in [2.05, 4.69) is 30.1 Å². The molecule has 8 heteroatoms. The molecule has 0 unspecified atom stereocenters. The van der Waals surface area contributed by atoms with Gasteiger partial charge >= 0.3 is 0 Å². The highest BCUT2D eigenvalue weighted by Gasteiger charge is 2.43. The van der Waals surface area contributed by atoms with Gasteiger partial charge in [-0.3, -0.25) is 4.79 Å². The normalized spacial score (nSPS) is 26.4. The van der Waals surface area contributed by atoms with Crippen molar-refractivity contribution in [2.75, 3.05) is 18.8 Å². The van der Waals surface area contributed by atoms with Crippen LogP contribution in [0.15, 0.2) is 22.5 Å². The lowest BCUT2D eigenvalue weighted by Crippen LogP contribution is -2.42. The van der Waals surface area contributed by atoms with Gasteiger partial charge in [-0.15, -0.1) is 10.2 Å². The average Bonchev–Trinajstić information content (AvgIpc) is 3.29. The van der Waals surface area contributed by atoms with E-state index >= 15 is 0 Å². The second-order valence-electron chi connectivity index (χ2n) is 8.14. The number of carbonyl (C=O) groups excluding carboxylic acids is 1. The van der Waals surface area contributed by atoms with Crippen LogP contribution in [0, 0.1) is 32.6 Å². The number of carbonyl (C=O) groups is 1. The Bertz CT molecular complexity index is 888. The van der Waals surface area contributed by atoms with Crippen molar-refractivity contribution in [3.05, 3.63) is 34.3 Å². The number of hydrogen-bond acceptors (Lipinski definition) is 7. The molecule has 2 aromatic rings. The Morgan fingerprint density at radius 2 is 1.97 bits per heavy atom. The smallest absolute Gasteiger partial charge is 0.233 e. The number of aromatic nitrogens is 2. The summed E-state index contributed by atoms with van der Waals surface area (Å²) in [5.41, 5.74) is 2.42. The molecule has 1 N–H and O–H groups in total. The second kappa shape index (κ2) is 8.62. The van der Waals surface area contributed by atoms with Gasteiger partial charge in [-0.25, -0.2) is 0 Å². The highest BCUT2D eigenvalue weighted by Crippen LogP contribution is 2.38. The van der Waals surface area contributed by atoms with Crippen LogP contribution in [0.4, 0.5) is 0 Å². The van der Waals surface area contributed by atoms with E-state index in [0.717, 1.165) is 34.6 Å². The van der Waals surface area contributed by atoms with Gasteiger partial charge in [0.2, 0.25) is 5.91 Å². The molecule has 1 saturated carbocycles. The zero-order valence-corrected chi connectivity index (χ0v) is 18.6. The van der Waals surface area contributed by atoms with Gasteiger partial charge in [-0.2, -0.15) is 0 Å². The number of nitrogens with zero attached hydrogens (tertiary/aromatic N) is 3. The first kappa shape index (κ1) is 20.6. The lowest BCUT2D eigenvalue weighted by molar-refractivity contribution is -0.127. The molecule has 0 bridgehead atoms. The molecule has 2 fully saturated rings. The highest BCUT2D eigenvalue weighted by molar-refractivity contribution is 8.01. The minimum absolute atomic E-state index is 0.137. The minimum Gasteiger partial charge on any atom is -0.488 e. The molecule has 1 amide bonds. The summed E-state index contributed by atoms with van der Waals surface area (Å²) in [4.78, 5) is 14.6. The van der Waals surface area contributed by atoms with E-state index in [0.29, 0.717) is 24.0 Å². The summed E-state index contributed by atoms with van der Waals surface area (Å²) in [5, 5.41) is 19.6. The Kier molecular flexibility index (Phi) is 6.13. The van der Waals surface area contributed by atoms with Gasteiger partial charge in [0.25, 0.3) is 0 Å². The van der Waals surface area contributed by atoms with Crippen molar-refractivity contribution < 1.29 is 14.6 Å². The number of ether oxygens (including phenoxy) is 1. The molecular weight excluding hydrogens is 406 g/mol. The standard InChI is InChI=1S/C21H27N3O3S2/c1-12-4-5-17(6-13(12)2)27-19-8-16-10-24(9-15(16)7-18(19)25)20(26)11-28-21-23-22-14(3)29-21/h4-6,15-16,18-19,25H,7-11H2,1-3H3/t15-,16+,18+,19+/m0/s1. The maximum Gasteiger partial charge on any atom is 0.233 e. The number of rotatable bonds is 5. The zero-order chi connectivity index (χ0) is 20.5. The van der Waals surface area contributed by atoms with Crippen LogP contribution in [0.2, 0.25) is 0 Å². The molecule has 29 heavy (non-hydrogen) atoms. The molecule has 1 aliphatic carbocycles. The van der Waals surface area contributed by atoms with E-state index in [1.165, 1.54) is 34.2 Å². The largest absolute Gasteiger partial charge is 0.488 e. The molecule has 0 spiro atoms. The summed E-state index contributed by atoms with van der Waals surface area (Å²) in [5.74, 6) is 2.07. The average molecular weight is 434 g/mol. The van der Waals surface area contributed by atoms with E-state index in [4.69, 9.17) is 4.74 Å². The number of aliphatic hydroxyl groups is 1. The van der Waals surface area contributed by atoms with Crippen LogP contribution in [-0.4, -0.2) is 57.2 Å². The van der Waals surface area contributed by atoms with Gasteiger partial charge in [0.1, 0.15) is 16.9 Å². The molecule has 1 aliphatic heterocycles. The Balaban J connectivity index is 1.33. The predicted octanol–water partition coefficient (Wildman–Crippen LogP) is 3.23. The molecule has 4 rings (SSSR count). The number of aliphatic hydroxyl groups excluding tert-OH is 1. The summed E-state index contributed by atoms with van der Waals surface area (Å²) in [7, 11) is 0. The maximum absolute atomic E-state index is 12.7. The van der Waals surface area contributed by atoms with E-state index in [1.807, 2.05) is 24.0 Å². The lowest BCUT2D eigenvalue weighted by atomic mass is 9.78. The summed E-state index contributed by atoms with van der Waals surface area (Å²) in [6.45, 7) is 7.53. The van der Waals surface area contributed by atoms with Crippen LogP contribution in [0.1, 0.15) is 29.0 Å². The van der Waals surface area contributed by atoms with Gasteiger partial charge in [-0.05, 0) is 68.7 Å². The first-order valence-corrected chi connectivity index (χ1v) is 11.8. The fourth-order valence-electron chi connectivity index (χ4n) is 4.23. The zero-order valence-electron chi connectivity index (χ0n) is 17.0. The van der Waals surface area contributed by atoms with Gasteiger partial charge in [-0.1, -0.05) is 29.2 Å². The van der Waals surface area contributed by atoms with Crippen LogP contribution in [0.3, 0.4) is 0 Å². The van der Waals surface area contributed by atoms with Crippen molar-refractivity contribution in [1.82, 2.24) is 15.1 Å². The van der Waals surface area contributed by atoms with Crippen LogP contribution < -0.4 is 4.74 Å². The van der Waals surface area contributed by atoms with E-state index < -0.39 is 6.10 Å². The third kappa shape index (κ3) is 4.75. The Labute approximate surface area is 179 Å². The molecule has 0 radical (unpaired) electrons. The summed E-state index contributed by atoms with van der Waals surface area (Å²) < 4.78 is 6.98. The van der Waals surface area contributed by atoms with Crippen molar-refractivity contribution in [3.8, 4) is 5.75 Å². The number of hydrogen-bond donors (Lipinski definition) is 1. The van der Waals surface area contributed by atoms with E-state index in [1.54, 1.807) is 0 Å². The van der Waals surface area contributed by atoms with Crippen molar-refractivity contribution in [1.29, 1.82) is 0 Å². The molecule has 1 aromatic carbocycles. The van der Waals surface area contributed by atoms with Crippen LogP contribution >= 0.6 is 23.1 Å². The summed E-state index contributed by atoms with van der Waals surface area (Å²) >= 11 is 2.97. The van der Waals surface area contributed by atoms with Crippen molar-refractivity contribution in [3.63, 3.8) is 0 Å². The Hall–Kier alpha value is -1.64. The van der Waals surface area contributed by atoms with Gasteiger partial charge in [0.15, 0.2) is 4.34 Å². The number of likely N-dealkylation sites (tertiary alicyclic amines) is 1. The Morgan fingerprint density at radius 1 is 1.21 bits per heavy atom. The molecule has 4 atom stereocenters. The topological polar surface area (TPSA) is 75.6 Å². The molecule has 2 heterocycles. The molecule has 156 valence electrons. The SMILES string of the molecule is Cc1nnc(SCC(=O)N2C[C@H]3C[C@@H](Oc4ccc(C)c(C)c4)[C@H](O)C[C@H]3C2)s1. The molecular formula is C21H27N3O3S2. The van der Waals surface area contributed by atoms with Gasteiger partial charge < -0.3 is 14.7 Å². The molecule has 6 nitrogen and oxygen atoms in total. The number of aryl methyl sites for hydroxylation is 3. The lowest BCUT2D eigenvalue weighted by Gasteiger charge is -2.35. The van der Waals surface area contributed by atoms with Gasteiger partial charge in [0.05, 0.1) is 11.9 Å². The highest BCUT2D eigenvalue weighted by atomic mass is 32.2. The second-order valence-corrected chi connectivity index (χ2v) is 10.5. The number of fused-ring (bicyclic) bond motifs is 1. The van der Waals surface area contributed by atoms with E-state index in [9.17, 15) is 9.90 Å². The first-order chi connectivity index (χ1) is 13.9. The fourth-order valence-corrected chi connectivity index (χ4v) is 5.95. The van der Waals surface area contributed by atoms with E-state index in [-0.39, 0.29) is 12.0 Å². The molecule has 1 saturated heterocycles. The Morgan fingerprint density at radius 3 is 2.66 bits per heavy atom. The molecule has 2 aliphatic rings. The first-order valence-electron chi connectivity index (χ1n) is 10.0. The monoisotopic (exact) mass is 433 g/mol. The maximum atomic E-state index is 12.7. The minimum atomic E-state index is -0.494. The number of thioether (sulfide) groups is 1. The number of benzene rings is 1. The van der Waals surface area contributed by atoms with Crippen molar-refractivity contribution in [2.45, 2.75) is 50.2 Å². The summed E-state index contributed by atoms with van der Waals surface area (Å²) in [6, 6.07) is 6.05. The van der Waals surface area contributed by atoms with Crippen molar-refractivity contribution in [2.24, 2.45) is 11.8 Å². The quantitative estimate of drug-likeness (QED) is 0.730. The third-order valence-corrected chi connectivity index (χ3v) is 7.99. The fraction of sp³-hybridized carbons (Fsp3) is 0.571. The van der Waals surface area contributed by atoms with Crippen LogP contribution in [0.25, 0.3) is 0 Å².